The molecule has 3 aromatic carbocycles. The number of aliphatic imine (C=N–C) groups is 1. The Labute approximate surface area is 161 Å². The van der Waals surface area contributed by atoms with E-state index in [2.05, 4.69) is 40.0 Å². The molecular weight excluding hydrogens is 393 g/mol. The maximum Gasteiger partial charge on any atom is 0.128 e. The maximum atomic E-state index is 13.3. The second-order valence-electron chi connectivity index (χ2n) is 5.88. The lowest BCUT2D eigenvalue weighted by atomic mass is 10.1. The molecule has 0 aromatic heterocycles. The molecule has 0 radical (unpaired) electrons. The van der Waals surface area contributed by atoms with Crippen molar-refractivity contribution < 1.29 is 9.13 Å². The molecule has 0 bridgehead atoms. The fraction of sp³-hybridized carbons (Fsp3) is 0.136. The van der Waals surface area contributed by atoms with Crippen molar-refractivity contribution in [1.29, 1.82) is 0 Å². The first-order valence-electron chi connectivity index (χ1n) is 8.44. The number of benzene rings is 3. The fourth-order valence-electron chi connectivity index (χ4n) is 2.50. The number of rotatable bonds is 6. The van der Waals surface area contributed by atoms with Gasteiger partial charge in [-0.2, -0.15) is 0 Å². The number of hydrogen-bond donors (Lipinski definition) is 0. The summed E-state index contributed by atoms with van der Waals surface area (Å²) in [5, 5.41) is 0. The SMILES string of the molecule is CCc1ccc(N=Cc2cc(Br)ccc2OCc2cccc(F)c2)cc1. The molecule has 132 valence electrons. The van der Waals surface area contributed by atoms with Crippen LogP contribution in [0.5, 0.6) is 5.75 Å². The molecular formula is C22H19BrFNO. The van der Waals surface area contributed by atoms with Gasteiger partial charge in [-0.15, -0.1) is 0 Å². The van der Waals surface area contributed by atoms with Crippen molar-refractivity contribution in [1.82, 2.24) is 0 Å². The molecule has 0 unspecified atom stereocenters. The predicted octanol–water partition coefficient (Wildman–Crippen LogP) is 6.48. The lowest BCUT2D eigenvalue weighted by Crippen LogP contribution is -1.99. The van der Waals surface area contributed by atoms with Crippen LogP contribution in [0.2, 0.25) is 0 Å². The van der Waals surface area contributed by atoms with Gasteiger partial charge in [0.05, 0.1) is 5.69 Å². The molecule has 4 heteroatoms. The van der Waals surface area contributed by atoms with Crippen molar-refractivity contribution in [2.24, 2.45) is 4.99 Å². The number of aryl methyl sites for hydroxylation is 1. The Kier molecular flexibility index (Phi) is 6.18. The lowest BCUT2D eigenvalue weighted by Gasteiger charge is -2.10. The van der Waals surface area contributed by atoms with E-state index in [1.807, 2.05) is 36.4 Å². The Morgan fingerprint density at radius 2 is 1.81 bits per heavy atom. The quantitative estimate of drug-likeness (QED) is 0.425. The van der Waals surface area contributed by atoms with E-state index in [0.717, 1.165) is 27.7 Å². The largest absolute Gasteiger partial charge is 0.488 e. The number of hydrogen-bond acceptors (Lipinski definition) is 2. The van der Waals surface area contributed by atoms with E-state index < -0.39 is 0 Å². The summed E-state index contributed by atoms with van der Waals surface area (Å²) in [4.78, 5) is 4.54. The van der Waals surface area contributed by atoms with Gasteiger partial charge in [-0.3, -0.25) is 4.99 Å². The normalized spacial score (nSPS) is 11.0. The van der Waals surface area contributed by atoms with Crippen LogP contribution in [-0.4, -0.2) is 6.21 Å². The van der Waals surface area contributed by atoms with Crippen LogP contribution in [-0.2, 0) is 13.0 Å². The molecule has 0 atom stereocenters. The molecule has 0 saturated carbocycles. The van der Waals surface area contributed by atoms with E-state index in [4.69, 9.17) is 4.74 Å². The molecule has 2 nitrogen and oxygen atoms in total. The highest BCUT2D eigenvalue weighted by Gasteiger charge is 2.04. The summed E-state index contributed by atoms with van der Waals surface area (Å²) in [6.07, 6.45) is 2.79. The predicted molar refractivity (Wildman–Crippen MR) is 108 cm³/mol. The van der Waals surface area contributed by atoms with Crippen LogP contribution in [0, 0.1) is 5.82 Å². The Morgan fingerprint density at radius 1 is 1.00 bits per heavy atom. The molecule has 0 amide bonds. The molecule has 26 heavy (non-hydrogen) atoms. The molecule has 3 rings (SSSR count). The minimum Gasteiger partial charge on any atom is -0.488 e. The first kappa shape index (κ1) is 18.3. The average Bonchev–Trinajstić information content (AvgIpc) is 2.66. The summed E-state index contributed by atoms with van der Waals surface area (Å²) in [5.74, 6) is 0.436. The highest BCUT2D eigenvalue weighted by molar-refractivity contribution is 9.10. The van der Waals surface area contributed by atoms with Gasteiger partial charge in [0.25, 0.3) is 0 Å². The monoisotopic (exact) mass is 411 g/mol. The lowest BCUT2D eigenvalue weighted by molar-refractivity contribution is 0.305. The summed E-state index contributed by atoms with van der Waals surface area (Å²) in [7, 11) is 0. The smallest absolute Gasteiger partial charge is 0.128 e. The third kappa shape index (κ3) is 5.02. The van der Waals surface area contributed by atoms with E-state index in [9.17, 15) is 4.39 Å². The Hall–Kier alpha value is -2.46. The van der Waals surface area contributed by atoms with Crippen molar-refractivity contribution in [3.8, 4) is 5.75 Å². The third-order valence-corrected chi connectivity index (χ3v) is 4.45. The Balaban J connectivity index is 1.77. The van der Waals surface area contributed by atoms with Gasteiger partial charge in [0, 0.05) is 16.3 Å². The molecule has 0 spiro atoms. The van der Waals surface area contributed by atoms with Crippen molar-refractivity contribution in [2.75, 3.05) is 0 Å². The average molecular weight is 412 g/mol. The van der Waals surface area contributed by atoms with E-state index in [1.165, 1.54) is 17.7 Å². The molecule has 0 fully saturated rings. The molecule has 0 aliphatic carbocycles. The summed E-state index contributed by atoms with van der Waals surface area (Å²) in [6.45, 7) is 2.42. The number of halogens is 2. The standard InChI is InChI=1S/C22H19BrFNO/c1-2-16-6-9-21(10-7-16)25-14-18-13-19(23)8-11-22(18)26-15-17-4-3-5-20(24)12-17/h3-14H,2,15H2,1H3. The van der Waals surface area contributed by atoms with Crippen LogP contribution in [0.15, 0.2) is 76.2 Å². The zero-order chi connectivity index (χ0) is 18.4. The van der Waals surface area contributed by atoms with E-state index in [0.29, 0.717) is 12.4 Å². The van der Waals surface area contributed by atoms with E-state index in [-0.39, 0.29) is 5.82 Å². The van der Waals surface area contributed by atoms with E-state index >= 15 is 0 Å². The van der Waals surface area contributed by atoms with Crippen molar-refractivity contribution >= 4 is 27.8 Å². The Morgan fingerprint density at radius 3 is 2.54 bits per heavy atom. The third-order valence-electron chi connectivity index (χ3n) is 3.95. The van der Waals surface area contributed by atoms with Gasteiger partial charge in [0.2, 0.25) is 0 Å². The van der Waals surface area contributed by atoms with Gasteiger partial charge < -0.3 is 4.74 Å². The first-order chi connectivity index (χ1) is 12.6. The van der Waals surface area contributed by atoms with Crippen LogP contribution < -0.4 is 4.74 Å². The minimum absolute atomic E-state index is 0.265. The number of ether oxygens (including phenoxy) is 1. The molecule has 0 heterocycles. The molecule has 0 aliphatic rings. The summed E-state index contributed by atoms with van der Waals surface area (Å²) in [6, 6.07) is 20.3. The summed E-state index contributed by atoms with van der Waals surface area (Å²) < 4.78 is 20.1. The second-order valence-corrected chi connectivity index (χ2v) is 6.79. The highest BCUT2D eigenvalue weighted by Crippen LogP contribution is 2.24. The van der Waals surface area contributed by atoms with Crippen LogP contribution in [0.4, 0.5) is 10.1 Å². The van der Waals surface area contributed by atoms with Crippen LogP contribution in [0.3, 0.4) is 0 Å². The van der Waals surface area contributed by atoms with Gasteiger partial charge in [-0.25, -0.2) is 4.39 Å². The molecule has 0 saturated heterocycles. The summed E-state index contributed by atoms with van der Waals surface area (Å²) in [5.41, 5.74) is 3.81. The molecule has 0 aliphatic heterocycles. The van der Waals surface area contributed by atoms with Crippen LogP contribution in [0.25, 0.3) is 0 Å². The second kappa shape index (κ2) is 8.77. The van der Waals surface area contributed by atoms with Crippen LogP contribution in [0.1, 0.15) is 23.6 Å². The fourth-order valence-corrected chi connectivity index (χ4v) is 2.88. The number of nitrogens with zero attached hydrogens (tertiary/aromatic N) is 1. The van der Waals surface area contributed by atoms with Gasteiger partial charge in [0.1, 0.15) is 18.2 Å². The van der Waals surface area contributed by atoms with Crippen LogP contribution >= 0.6 is 15.9 Å². The zero-order valence-corrected chi connectivity index (χ0v) is 16.0. The van der Waals surface area contributed by atoms with Gasteiger partial charge >= 0.3 is 0 Å². The highest BCUT2D eigenvalue weighted by atomic mass is 79.9. The Bertz CT molecular complexity index is 906. The maximum absolute atomic E-state index is 13.3. The first-order valence-corrected chi connectivity index (χ1v) is 9.23. The molecule has 0 N–H and O–H groups in total. The van der Waals surface area contributed by atoms with E-state index in [1.54, 1.807) is 12.3 Å². The van der Waals surface area contributed by atoms with Gasteiger partial charge in [-0.1, -0.05) is 47.1 Å². The molecule has 3 aromatic rings. The van der Waals surface area contributed by atoms with Crippen molar-refractivity contribution in [3.63, 3.8) is 0 Å². The summed E-state index contributed by atoms with van der Waals surface area (Å²) >= 11 is 3.48. The van der Waals surface area contributed by atoms with Gasteiger partial charge in [0.15, 0.2) is 0 Å². The van der Waals surface area contributed by atoms with Gasteiger partial charge in [-0.05, 0) is 60.0 Å². The minimum atomic E-state index is -0.265. The van der Waals surface area contributed by atoms with Crippen molar-refractivity contribution in [3.05, 3.63) is 93.7 Å². The zero-order valence-electron chi connectivity index (χ0n) is 14.5. The van der Waals surface area contributed by atoms with Crippen molar-refractivity contribution in [2.45, 2.75) is 20.0 Å². The topological polar surface area (TPSA) is 21.6 Å².